The van der Waals surface area contributed by atoms with Crippen LogP contribution in [0.5, 0.6) is 0 Å². The van der Waals surface area contributed by atoms with Gasteiger partial charge in [0.25, 0.3) is 0 Å². The zero-order chi connectivity index (χ0) is 20.7. The molecule has 1 aromatic carbocycles. The molecule has 2 fully saturated rings. The van der Waals surface area contributed by atoms with Crippen molar-refractivity contribution < 1.29 is 4.42 Å². The highest BCUT2D eigenvalue weighted by Crippen LogP contribution is 2.44. The van der Waals surface area contributed by atoms with Gasteiger partial charge in [0.15, 0.2) is 5.11 Å². The molecule has 2 aliphatic rings. The van der Waals surface area contributed by atoms with Crippen molar-refractivity contribution in [2.75, 3.05) is 0 Å². The van der Waals surface area contributed by atoms with Gasteiger partial charge in [-0.15, -0.1) is 0 Å². The van der Waals surface area contributed by atoms with Gasteiger partial charge in [0.05, 0.1) is 11.7 Å². The molecule has 0 bridgehead atoms. The Bertz CT molecular complexity index is 1060. The molecule has 6 heteroatoms. The quantitative estimate of drug-likeness (QED) is 0.491. The second-order valence-electron chi connectivity index (χ2n) is 8.09. The highest BCUT2D eigenvalue weighted by atomic mass is 35.5. The van der Waals surface area contributed by atoms with E-state index in [1.807, 2.05) is 49.5 Å². The second-order valence-corrected chi connectivity index (χ2v) is 8.88. The van der Waals surface area contributed by atoms with E-state index in [4.69, 9.17) is 28.2 Å². The number of furan rings is 1. The van der Waals surface area contributed by atoms with Crippen molar-refractivity contribution in [2.24, 2.45) is 0 Å². The zero-order valence-corrected chi connectivity index (χ0v) is 18.4. The molecule has 3 heterocycles. The summed E-state index contributed by atoms with van der Waals surface area (Å²) in [6.45, 7) is 2.02. The van der Waals surface area contributed by atoms with Gasteiger partial charge < -0.3 is 14.6 Å². The van der Waals surface area contributed by atoms with E-state index in [0.29, 0.717) is 6.04 Å². The molecule has 2 atom stereocenters. The predicted molar refractivity (Wildman–Crippen MR) is 123 cm³/mol. The number of nitrogens with zero attached hydrogens (tertiary/aromatic N) is 2. The van der Waals surface area contributed by atoms with Gasteiger partial charge in [-0.1, -0.05) is 42.6 Å². The SMILES string of the molecule is Cc1c(Cl)cccc1-c1ccc([C@H]2[C@@H](c3ccccn3)NC(=S)N2C2CCCC2)o1. The normalized spacial score (nSPS) is 21.9. The standard InChI is InChI=1S/C24H24ClN3OS/c1-15-17(9-6-10-18(15)25)20-12-13-21(29-20)23-22(19-11-4-5-14-26-19)27-24(30)28(23)16-7-2-3-8-16/h4-6,9-14,16,22-23H,2-3,7-8H2,1H3,(H,27,30)/t22-,23+/m1/s1. The van der Waals surface area contributed by atoms with Crippen LogP contribution in [0.4, 0.5) is 0 Å². The van der Waals surface area contributed by atoms with E-state index in [1.165, 1.54) is 12.8 Å². The van der Waals surface area contributed by atoms with Crippen LogP contribution in [0.2, 0.25) is 5.02 Å². The third-order valence-electron chi connectivity index (χ3n) is 6.30. The molecule has 1 aliphatic carbocycles. The molecule has 154 valence electrons. The Labute approximate surface area is 187 Å². The van der Waals surface area contributed by atoms with E-state index >= 15 is 0 Å². The molecular weight excluding hydrogens is 414 g/mol. The number of hydrogen-bond donors (Lipinski definition) is 1. The topological polar surface area (TPSA) is 41.3 Å². The third kappa shape index (κ3) is 3.40. The lowest BCUT2D eigenvalue weighted by atomic mass is 10.0. The third-order valence-corrected chi connectivity index (χ3v) is 7.04. The highest BCUT2D eigenvalue weighted by Gasteiger charge is 2.45. The molecule has 4 nitrogen and oxygen atoms in total. The second kappa shape index (κ2) is 8.05. The molecule has 2 aromatic heterocycles. The first kappa shape index (κ1) is 19.6. The number of nitrogens with one attached hydrogen (secondary N) is 1. The summed E-state index contributed by atoms with van der Waals surface area (Å²) >= 11 is 12.1. The molecule has 0 amide bonds. The largest absolute Gasteiger partial charge is 0.459 e. The average Bonchev–Trinajstić information content (AvgIpc) is 3.50. The molecule has 1 aliphatic heterocycles. The molecule has 5 rings (SSSR count). The first-order valence-corrected chi connectivity index (χ1v) is 11.3. The maximum absolute atomic E-state index is 6.45. The average molecular weight is 438 g/mol. The lowest BCUT2D eigenvalue weighted by Gasteiger charge is -2.31. The highest BCUT2D eigenvalue weighted by molar-refractivity contribution is 7.80. The van der Waals surface area contributed by atoms with Crippen LogP contribution in [0.15, 0.2) is 59.1 Å². The molecule has 3 aromatic rings. The van der Waals surface area contributed by atoms with E-state index in [2.05, 4.69) is 27.3 Å². The molecule has 0 spiro atoms. The van der Waals surface area contributed by atoms with E-state index in [0.717, 1.165) is 51.3 Å². The monoisotopic (exact) mass is 437 g/mol. The van der Waals surface area contributed by atoms with Gasteiger partial charge in [0, 0.05) is 22.8 Å². The van der Waals surface area contributed by atoms with Crippen molar-refractivity contribution in [3.8, 4) is 11.3 Å². The Morgan fingerprint density at radius 3 is 2.70 bits per heavy atom. The number of pyridine rings is 1. The summed E-state index contributed by atoms with van der Waals surface area (Å²) in [5, 5.41) is 5.06. The molecule has 30 heavy (non-hydrogen) atoms. The molecular formula is C24H24ClN3OS. The van der Waals surface area contributed by atoms with Crippen molar-refractivity contribution in [1.29, 1.82) is 0 Å². The van der Waals surface area contributed by atoms with Crippen LogP contribution in [0, 0.1) is 6.92 Å². The summed E-state index contributed by atoms with van der Waals surface area (Å²) in [5.41, 5.74) is 3.01. The Kier molecular flexibility index (Phi) is 5.25. The Hall–Kier alpha value is -2.37. The lowest BCUT2D eigenvalue weighted by molar-refractivity contribution is 0.218. The van der Waals surface area contributed by atoms with Crippen LogP contribution >= 0.6 is 23.8 Å². The van der Waals surface area contributed by atoms with Gasteiger partial charge in [-0.25, -0.2) is 0 Å². The number of benzene rings is 1. The van der Waals surface area contributed by atoms with Crippen LogP contribution < -0.4 is 5.32 Å². The zero-order valence-electron chi connectivity index (χ0n) is 16.8. The first-order chi connectivity index (χ1) is 14.6. The number of aromatic nitrogens is 1. The number of hydrogen-bond acceptors (Lipinski definition) is 3. The van der Waals surface area contributed by atoms with Crippen molar-refractivity contribution >= 4 is 28.9 Å². The van der Waals surface area contributed by atoms with Crippen LogP contribution in [0.25, 0.3) is 11.3 Å². The Morgan fingerprint density at radius 1 is 1.10 bits per heavy atom. The molecule has 0 radical (unpaired) electrons. The summed E-state index contributed by atoms with van der Waals surface area (Å²) in [7, 11) is 0. The van der Waals surface area contributed by atoms with Crippen molar-refractivity contribution in [1.82, 2.24) is 15.2 Å². The molecule has 1 saturated heterocycles. The fourth-order valence-electron chi connectivity index (χ4n) is 4.78. The van der Waals surface area contributed by atoms with E-state index in [9.17, 15) is 0 Å². The van der Waals surface area contributed by atoms with Gasteiger partial charge in [0.2, 0.25) is 0 Å². The summed E-state index contributed by atoms with van der Waals surface area (Å²) in [4.78, 5) is 6.97. The van der Waals surface area contributed by atoms with Gasteiger partial charge in [-0.3, -0.25) is 4.98 Å². The smallest absolute Gasteiger partial charge is 0.170 e. The lowest BCUT2D eigenvalue weighted by Crippen LogP contribution is -2.37. The fraction of sp³-hybridized carbons (Fsp3) is 0.333. The van der Waals surface area contributed by atoms with Gasteiger partial charge >= 0.3 is 0 Å². The summed E-state index contributed by atoms with van der Waals surface area (Å²) in [5.74, 6) is 1.73. The van der Waals surface area contributed by atoms with Crippen LogP contribution in [-0.2, 0) is 0 Å². The Morgan fingerprint density at radius 2 is 1.93 bits per heavy atom. The van der Waals surface area contributed by atoms with E-state index in [-0.39, 0.29) is 12.1 Å². The number of rotatable bonds is 4. The Balaban J connectivity index is 1.57. The number of halogens is 1. The van der Waals surface area contributed by atoms with Crippen molar-refractivity contribution in [2.45, 2.75) is 50.7 Å². The minimum Gasteiger partial charge on any atom is -0.459 e. The molecule has 1 saturated carbocycles. The first-order valence-electron chi connectivity index (χ1n) is 10.5. The van der Waals surface area contributed by atoms with Gasteiger partial charge in [-0.05, 0) is 67.9 Å². The summed E-state index contributed by atoms with van der Waals surface area (Å²) in [6.07, 6.45) is 6.65. The fourth-order valence-corrected chi connectivity index (χ4v) is 5.34. The molecule has 1 N–H and O–H groups in total. The van der Waals surface area contributed by atoms with E-state index in [1.54, 1.807) is 0 Å². The van der Waals surface area contributed by atoms with Crippen molar-refractivity contribution in [3.63, 3.8) is 0 Å². The van der Waals surface area contributed by atoms with Crippen LogP contribution in [-0.4, -0.2) is 21.0 Å². The van der Waals surface area contributed by atoms with Crippen LogP contribution in [0.1, 0.15) is 54.8 Å². The summed E-state index contributed by atoms with van der Waals surface area (Å²) < 4.78 is 6.45. The minimum absolute atomic E-state index is 0.0243. The van der Waals surface area contributed by atoms with Gasteiger partial charge in [-0.2, -0.15) is 0 Å². The minimum atomic E-state index is -0.0428. The van der Waals surface area contributed by atoms with Crippen LogP contribution in [0.3, 0.4) is 0 Å². The molecule has 0 unspecified atom stereocenters. The van der Waals surface area contributed by atoms with Gasteiger partial charge in [0.1, 0.15) is 17.6 Å². The van der Waals surface area contributed by atoms with Crippen molar-refractivity contribution in [3.05, 3.63) is 76.8 Å². The predicted octanol–water partition coefficient (Wildman–Crippen LogP) is 6.22. The number of thiocarbonyl (C=S) groups is 1. The summed E-state index contributed by atoms with van der Waals surface area (Å²) in [6, 6.07) is 16.4. The maximum Gasteiger partial charge on any atom is 0.170 e. The maximum atomic E-state index is 6.45. The van der Waals surface area contributed by atoms with E-state index < -0.39 is 0 Å².